The molecule has 7 N–H and O–H groups in total. The van der Waals surface area contributed by atoms with Crippen LogP contribution in [0.5, 0.6) is 0 Å². The lowest BCUT2D eigenvalue weighted by molar-refractivity contribution is 0.0985. The van der Waals surface area contributed by atoms with Gasteiger partial charge in [-0.3, -0.25) is 4.79 Å². The Morgan fingerprint density at radius 3 is 2.33 bits per heavy atom. The maximum atomic E-state index is 11.4. The van der Waals surface area contributed by atoms with Gasteiger partial charge in [0.1, 0.15) is 4.90 Å². The number of sulfonamides is 1. The zero-order valence-corrected chi connectivity index (χ0v) is 8.26. The number of nitrogens with one attached hydrogen (secondary N) is 1. The highest BCUT2D eigenvalue weighted by atomic mass is 32.2. The monoisotopic (exact) mass is 228 g/mol. The molecule has 1 heterocycles. The molecule has 0 fully saturated rings. The molecule has 0 spiro atoms. The zero-order chi connectivity index (χ0) is 11.4. The van der Waals surface area contributed by atoms with Gasteiger partial charge < -0.3 is 17.2 Å². The van der Waals surface area contributed by atoms with Crippen LogP contribution in [0.2, 0.25) is 0 Å². The smallest absolute Gasteiger partial charge is 0.267 e. The van der Waals surface area contributed by atoms with E-state index in [1.165, 1.54) is 6.07 Å². The number of hydrogen-bond acceptors (Lipinski definition) is 6. The zero-order valence-electron chi connectivity index (χ0n) is 7.44. The third kappa shape index (κ3) is 1.11. The molecule has 8 heteroatoms. The SMILES string of the molecule is Nc1cc2c(c(N)c1N)S(=O)(=O)NC2=O. The number of anilines is 3. The number of fused-ring (bicyclic) bond motifs is 1. The van der Waals surface area contributed by atoms with Crippen LogP contribution >= 0.6 is 0 Å². The lowest BCUT2D eigenvalue weighted by atomic mass is 10.1. The standard InChI is InChI=1S/C7H8N4O3S/c8-3-1-2-6(5(10)4(3)9)15(13,14)11-7(2)12/h1H,8-10H2,(H,11,12). The van der Waals surface area contributed by atoms with Gasteiger partial charge in [-0.1, -0.05) is 0 Å². The summed E-state index contributed by atoms with van der Waals surface area (Å²) in [6.07, 6.45) is 0. The van der Waals surface area contributed by atoms with E-state index in [9.17, 15) is 13.2 Å². The van der Waals surface area contributed by atoms with Gasteiger partial charge in [-0.05, 0) is 6.07 Å². The molecule has 0 saturated heterocycles. The molecule has 1 aliphatic heterocycles. The van der Waals surface area contributed by atoms with E-state index in [0.717, 1.165) is 0 Å². The minimum atomic E-state index is -3.88. The average Bonchev–Trinajstić information content (AvgIpc) is 2.33. The van der Waals surface area contributed by atoms with Gasteiger partial charge in [0, 0.05) is 0 Å². The fourth-order valence-electron chi connectivity index (χ4n) is 1.41. The second-order valence-electron chi connectivity index (χ2n) is 3.10. The largest absolute Gasteiger partial charge is 0.397 e. The Morgan fingerprint density at radius 2 is 1.73 bits per heavy atom. The predicted octanol–water partition coefficient (Wildman–Crippen LogP) is -1.13. The van der Waals surface area contributed by atoms with Crippen molar-refractivity contribution < 1.29 is 13.2 Å². The van der Waals surface area contributed by atoms with E-state index in [0.29, 0.717) is 0 Å². The first-order valence-corrected chi connectivity index (χ1v) is 5.37. The van der Waals surface area contributed by atoms with Gasteiger partial charge in [-0.15, -0.1) is 0 Å². The Hall–Kier alpha value is -1.96. The van der Waals surface area contributed by atoms with Crippen LogP contribution in [0.25, 0.3) is 0 Å². The number of nitrogen functional groups attached to an aromatic ring is 3. The van der Waals surface area contributed by atoms with Crippen LogP contribution in [-0.4, -0.2) is 14.3 Å². The second kappa shape index (κ2) is 2.54. The third-order valence-electron chi connectivity index (χ3n) is 2.13. The van der Waals surface area contributed by atoms with Crippen LogP contribution in [-0.2, 0) is 10.0 Å². The Bertz CT molecular complexity index is 578. The predicted molar refractivity (Wildman–Crippen MR) is 54.3 cm³/mol. The number of carbonyl (C=O) groups excluding carboxylic acids is 1. The minimum Gasteiger partial charge on any atom is -0.397 e. The van der Waals surface area contributed by atoms with Crippen molar-refractivity contribution >= 4 is 33.0 Å². The molecule has 0 radical (unpaired) electrons. The molecule has 15 heavy (non-hydrogen) atoms. The lowest BCUT2D eigenvalue weighted by Gasteiger charge is -2.07. The number of nitrogens with two attached hydrogens (primary N) is 3. The molecular weight excluding hydrogens is 220 g/mol. The first-order valence-electron chi connectivity index (χ1n) is 3.89. The maximum Gasteiger partial charge on any atom is 0.267 e. The van der Waals surface area contributed by atoms with E-state index in [2.05, 4.69) is 0 Å². The van der Waals surface area contributed by atoms with Crippen LogP contribution in [0.3, 0.4) is 0 Å². The van der Waals surface area contributed by atoms with Crippen LogP contribution in [0, 0.1) is 0 Å². The Kier molecular flexibility index (Phi) is 1.62. The second-order valence-corrected chi connectivity index (χ2v) is 4.72. The molecule has 1 aromatic rings. The normalized spacial score (nSPS) is 17.2. The Labute approximate surface area is 85.3 Å². The molecule has 0 atom stereocenters. The Morgan fingerprint density at radius 1 is 1.13 bits per heavy atom. The molecule has 2 rings (SSSR count). The molecule has 0 bridgehead atoms. The first kappa shape index (κ1) is 9.59. The highest BCUT2D eigenvalue weighted by Crippen LogP contribution is 2.36. The molecule has 1 aliphatic rings. The number of amides is 1. The molecule has 0 aromatic heterocycles. The van der Waals surface area contributed by atoms with Gasteiger partial charge in [0.05, 0.1) is 22.6 Å². The van der Waals surface area contributed by atoms with Crippen molar-refractivity contribution in [1.29, 1.82) is 0 Å². The van der Waals surface area contributed by atoms with Crippen molar-refractivity contribution in [3.8, 4) is 0 Å². The summed E-state index contributed by atoms with van der Waals surface area (Å²) in [5.74, 6) is -0.747. The third-order valence-corrected chi connectivity index (χ3v) is 3.56. The molecule has 7 nitrogen and oxygen atoms in total. The van der Waals surface area contributed by atoms with Crippen molar-refractivity contribution in [2.24, 2.45) is 0 Å². The summed E-state index contributed by atoms with van der Waals surface area (Å²) in [5, 5.41) is 0. The first-order chi connectivity index (χ1) is 6.84. The number of benzene rings is 1. The molecule has 0 saturated carbocycles. The number of rotatable bonds is 0. The molecule has 1 amide bonds. The van der Waals surface area contributed by atoms with Crippen molar-refractivity contribution in [1.82, 2.24) is 4.72 Å². The maximum absolute atomic E-state index is 11.4. The van der Waals surface area contributed by atoms with E-state index >= 15 is 0 Å². The summed E-state index contributed by atoms with van der Waals surface area (Å²) in [6, 6.07) is 1.20. The lowest BCUT2D eigenvalue weighted by Crippen LogP contribution is -2.21. The van der Waals surface area contributed by atoms with Crippen LogP contribution in [0.4, 0.5) is 17.1 Å². The Balaban J connectivity index is 2.94. The number of hydrogen-bond donors (Lipinski definition) is 4. The summed E-state index contributed by atoms with van der Waals surface area (Å²) < 4.78 is 24.7. The van der Waals surface area contributed by atoms with Gasteiger partial charge >= 0.3 is 0 Å². The average molecular weight is 228 g/mol. The van der Waals surface area contributed by atoms with Crippen molar-refractivity contribution in [3.63, 3.8) is 0 Å². The van der Waals surface area contributed by atoms with Gasteiger partial charge in [0.2, 0.25) is 0 Å². The molecular formula is C7H8N4O3S. The van der Waals surface area contributed by atoms with Crippen molar-refractivity contribution in [3.05, 3.63) is 11.6 Å². The fourth-order valence-corrected chi connectivity index (χ4v) is 2.70. The summed E-state index contributed by atoms with van der Waals surface area (Å²) in [5.41, 5.74) is 16.2. The number of carbonyl (C=O) groups is 1. The van der Waals surface area contributed by atoms with E-state index in [4.69, 9.17) is 17.2 Å². The van der Waals surface area contributed by atoms with Crippen LogP contribution in [0.1, 0.15) is 10.4 Å². The topological polar surface area (TPSA) is 141 Å². The van der Waals surface area contributed by atoms with Crippen LogP contribution in [0.15, 0.2) is 11.0 Å². The highest BCUT2D eigenvalue weighted by molar-refractivity contribution is 7.90. The van der Waals surface area contributed by atoms with Crippen molar-refractivity contribution in [2.45, 2.75) is 4.90 Å². The van der Waals surface area contributed by atoms with E-state index in [1.54, 1.807) is 4.72 Å². The molecule has 0 unspecified atom stereocenters. The highest BCUT2D eigenvalue weighted by Gasteiger charge is 2.36. The summed E-state index contributed by atoms with van der Waals surface area (Å²) in [4.78, 5) is 11.0. The van der Waals surface area contributed by atoms with E-state index in [-0.39, 0.29) is 27.5 Å². The summed E-state index contributed by atoms with van der Waals surface area (Å²) in [7, 11) is -3.88. The molecule has 80 valence electrons. The quantitative estimate of drug-likeness (QED) is 0.414. The van der Waals surface area contributed by atoms with E-state index < -0.39 is 15.9 Å². The van der Waals surface area contributed by atoms with Crippen LogP contribution < -0.4 is 21.9 Å². The summed E-state index contributed by atoms with van der Waals surface area (Å²) >= 11 is 0. The van der Waals surface area contributed by atoms with Gasteiger partial charge in [0.25, 0.3) is 15.9 Å². The summed E-state index contributed by atoms with van der Waals surface area (Å²) in [6.45, 7) is 0. The van der Waals surface area contributed by atoms with E-state index in [1.807, 2.05) is 0 Å². The molecule has 1 aromatic carbocycles. The van der Waals surface area contributed by atoms with Gasteiger partial charge in [-0.2, -0.15) is 0 Å². The molecule has 0 aliphatic carbocycles. The van der Waals surface area contributed by atoms with Crippen molar-refractivity contribution in [2.75, 3.05) is 17.2 Å². The van der Waals surface area contributed by atoms with Gasteiger partial charge in [0.15, 0.2) is 0 Å². The fraction of sp³-hybridized carbons (Fsp3) is 0. The van der Waals surface area contributed by atoms with Gasteiger partial charge in [-0.25, -0.2) is 13.1 Å². The minimum absolute atomic E-state index is 0.0335.